The Bertz CT molecular complexity index is 1200. The number of nitro benzene ring substituents is 1. The Morgan fingerprint density at radius 2 is 1.71 bits per heavy atom. The molecule has 2 aromatic carbocycles. The van der Waals surface area contributed by atoms with E-state index in [1.165, 1.54) is 23.1 Å². The van der Waals surface area contributed by atoms with Crippen LogP contribution in [-0.4, -0.2) is 40.6 Å². The fourth-order valence-electron chi connectivity index (χ4n) is 5.20. The first-order valence-corrected chi connectivity index (χ1v) is 11.3. The van der Waals surface area contributed by atoms with Crippen molar-refractivity contribution in [3.8, 4) is 0 Å². The number of nitrogens with zero attached hydrogens (tertiary/aromatic N) is 2. The van der Waals surface area contributed by atoms with Gasteiger partial charge in [-0.15, -0.1) is 0 Å². The van der Waals surface area contributed by atoms with Gasteiger partial charge in [0.2, 0.25) is 11.8 Å². The number of carbonyl (C=O) groups is 3. The van der Waals surface area contributed by atoms with Crippen molar-refractivity contribution in [1.29, 1.82) is 0 Å². The molecule has 10 heteroatoms. The second-order valence-corrected chi connectivity index (χ2v) is 9.14. The maximum absolute atomic E-state index is 12.8. The molecular formula is C24H21ClN4O5. The number of amides is 3. The van der Waals surface area contributed by atoms with E-state index in [9.17, 15) is 24.5 Å². The second kappa shape index (κ2) is 8.57. The molecule has 9 nitrogen and oxygen atoms in total. The number of nitro groups is 1. The quantitative estimate of drug-likeness (QED) is 0.269. The van der Waals surface area contributed by atoms with E-state index in [0.717, 1.165) is 6.42 Å². The van der Waals surface area contributed by atoms with Crippen LogP contribution in [-0.2, 0) is 9.59 Å². The van der Waals surface area contributed by atoms with Crippen molar-refractivity contribution in [1.82, 2.24) is 4.90 Å². The monoisotopic (exact) mass is 480 g/mol. The van der Waals surface area contributed by atoms with Crippen molar-refractivity contribution in [2.45, 2.75) is 6.42 Å². The third-order valence-corrected chi connectivity index (χ3v) is 7.02. The normalized spacial score (nSPS) is 24.4. The molecule has 3 amide bonds. The standard InChI is InChI=1S/C24H21ClN4O5/c25-16-4-6-17(7-5-16)27-22(30)15-3-8-18(19(12-15)29(33)34)26-9-10-28-23(31)20-13-1-2-14(11-13)21(20)24(28)32/h1-8,12-14,20-21,26H,9-11H2,(H,27,30)/t13-,14+,20-,21-/m0/s1. The SMILES string of the molecule is O=C(Nc1ccc(Cl)cc1)c1ccc(NCCN2C(=O)[C@@H]3[C@@H](C2=O)[C@H]2C=C[C@@H]3C2)c([N+](=O)[O-])c1. The lowest BCUT2D eigenvalue weighted by atomic mass is 9.85. The van der Waals surface area contributed by atoms with Crippen LogP contribution in [0.4, 0.5) is 17.1 Å². The van der Waals surface area contributed by atoms with Gasteiger partial charge in [0.05, 0.1) is 16.8 Å². The molecule has 0 unspecified atom stereocenters. The summed E-state index contributed by atoms with van der Waals surface area (Å²) in [6.45, 7) is 0.289. The maximum atomic E-state index is 12.8. The highest BCUT2D eigenvalue weighted by Gasteiger charge is 2.58. The molecule has 2 bridgehead atoms. The number of fused-ring (bicyclic) bond motifs is 5. The van der Waals surface area contributed by atoms with Crippen LogP contribution in [0.25, 0.3) is 0 Å². The number of benzene rings is 2. The summed E-state index contributed by atoms with van der Waals surface area (Å²) in [4.78, 5) is 50.4. The van der Waals surface area contributed by atoms with E-state index in [0.29, 0.717) is 10.7 Å². The zero-order valence-corrected chi connectivity index (χ0v) is 18.7. The minimum atomic E-state index is -0.582. The van der Waals surface area contributed by atoms with Gasteiger partial charge in [-0.05, 0) is 54.7 Å². The first kappa shape index (κ1) is 22.1. The first-order chi connectivity index (χ1) is 16.3. The molecule has 5 rings (SSSR count). The van der Waals surface area contributed by atoms with E-state index in [2.05, 4.69) is 10.6 Å². The summed E-state index contributed by atoms with van der Waals surface area (Å²) in [5.41, 5.74) is 0.552. The van der Waals surface area contributed by atoms with Gasteiger partial charge in [0.1, 0.15) is 5.69 Å². The Morgan fingerprint density at radius 3 is 2.32 bits per heavy atom. The summed E-state index contributed by atoms with van der Waals surface area (Å²) >= 11 is 5.84. The molecule has 3 aliphatic rings. The number of allylic oxidation sites excluding steroid dienone is 2. The molecule has 1 heterocycles. The largest absolute Gasteiger partial charge is 0.378 e. The topological polar surface area (TPSA) is 122 Å². The highest BCUT2D eigenvalue weighted by Crippen LogP contribution is 2.52. The third kappa shape index (κ3) is 3.81. The molecule has 2 fully saturated rings. The molecular weight excluding hydrogens is 460 g/mol. The predicted octanol–water partition coefficient (Wildman–Crippen LogP) is 3.72. The summed E-state index contributed by atoms with van der Waals surface area (Å²) in [6.07, 6.45) is 4.93. The summed E-state index contributed by atoms with van der Waals surface area (Å²) in [5.74, 6) is -1.07. The Labute approximate surface area is 199 Å². The summed E-state index contributed by atoms with van der Waals surface area (Å²) in [7, 11) is 0. The van der Waals surface area contributed by atoms with E-state index in [-0.39, 0.29) is 65.5 Å². The van der Waals surface area contributed by atoms with Crippen LogP contribution in [0.3, 0.4) is 0 Å². The van der Waals surface area contributed by atoms with E-state index in [1.54, 1.807) is 24.3 Å². The Hall–Kier alpha value is -3.72. The predicted molar refractivity (Wildman–Crippen MR) is 125 cm³/mol. The Kier molecular flexibility index (Phi) is 5.57. The van der Waals surface area contributed by atoms with Gasteiger partial charge in [-0.1, -0.05) is 23.8 Å². The molecule has 2 aliphatic carbocycles. The van der Waals surface area contributed by atoms with E-state index < -0.39 is 10.8 Å². The molecule has 0 radical (unpaired) electrons. The average Bonchev–Trinajstić information content (AvgIpc) is 3.50. The minimum absolute atomic E-state index is 0.118. The fourth-order valence-corrected chi connectivity index (χ4v) is 5.32. The molecule has 2 N–H and O–H groups in total. The van der Waals surface area contributed by atoms with E-state index in [4.69, 9.17) is 11.6 Å². The average molecular weight is 481 g/mol. The smallest absolute Gasteiger partial charge is 0.293 e. The van der Waals surface area contributed by atoms with Crippen LogP contribution >= 0.6 is 11.6 Å². The van der Waals surface area contributed by atoms with Crippen molar-refractivity contribution >= 4 is 46.4 Å². The van der Waals surface area contributed by atoms with Gasteiger partial charge in [-0.2, -0.15) is 0 Å². The van der Waals surface area contributed by atoms with Gasteiger partial charge >= 0.3 is 0 Å². The highest BCUT2D eigenvalue weighted by molar-refractivity contribution is 6.30. The van der Waals surface area contributed by atoms with Crippen LogP contribution in [0.5, 0.6) is 0 Å². The van der Waals surface area contributed by atoms with Gasteiger partial charge < -0.3 is 10.6 Å². The molecule has 4 atom stereocenters. The van der Waals surface area contributed by atoms with Gasteiger partial charge in [0.25, 0.3) is 11.6 Å². The molecule has 2 aromatic rings. The molecule has 1 saturated heterocycles. The molecule has 174 valence electrons. The molecule has 0 spiro atoms. The molecule has 34 heavy (non-hydrogen) atoms. The number of imide groups is 1. The number of halogens is 1. The maximum Gasteiger partial charge on any atom is 0.293 e. The van der Waals surface area contributed by atoms with Gasteiger partial charge in [-0.25, -0.2) is 0 Å². The summed E-state index contributed by atoms with van der Waals surface area (Å²) in [6, 6.07) is 10.6. The van der Waals surface area contributed by atoms with Crippen LogP contribution in [0.1, 0.15) is 16.8 Å². The van der Waals surface area contributed by atoms with Gasteiger partial charge in [0, 0.05) is 35.4 Å². The zero-order chi connectivity index (χ0) is 24.0. The first-order valence-electron chi connectivity index (χ1n) is 11.0. The van der Waals surface area contributed by atoms with Crippen LogP contribution in [0.15, 0.2) is 54.6 Å². The lowest BCUT2D eigenvalue weighted by Gasteiger charge is -2.18. The van der Waals surface area contributed by atoms with Crippen LogP contribution < -0.4 is 10.6 Å². The number of anilines is 2. The van der Waals surface area contributed by atoms with Crippen molar-refractivity contribution in [2.24, 2.45) is 23.7 Å². The second-order valence-electron chi connectivity index (χ2n) is 8.70. The van der Waals surface area contributed by atoms with Crippen molar-refractivity contribution in [3.63, 3.8) is 0 Å². The number of carbonyl (C=O) groups excluding carboxylic acids is 3. The third-order valence-electron chi connectivity index (χ3n) is 6.77. The van der Waals surface area contributed by atoms with Crippen molar-refractivity contribution in [2.75, 3.05) is 23.7 Å². The number of hydrogen-bond donors (Lipinski definition) is 2. The van der Waals surface area contributed by atoms with Crippen LogP contribution in [0.2, 0.25) is 5.02 Å². The summed E-state index contributed by atoms with van der Waals surface area (Å²) < 4.78 is 0. The highest BCUT2D eigenvalue weighted by atomic mass is 35.5. The molecule has 0 aromatic heterocycles. The minimum Gasteiger partial charge on any atom is -0.378 e. The van der Waals surface area contributed by atoms with Gasteiger partial charge in [0.15, 0.2) is 0 Å². The van der Waals surface area contributed by atoms with Gasteiger partial charge in [-0.3, -0.25) is 29.4 Å². The van der Waals surface area contributed by atoms with Crippen molar-refractivity contribution < 1.29 is 19.3 Å². The zero-order valence-electron chi connectivity index (χ0n) is 17.9. The lowest BCUT2D eigenvalue weighted by molar-refractivity contribution is -0.384. The Morgan fingerprint density at radius 1 is 1.06 bits per heavy atom. The van der Waals surface area contributed by atoms with Crippen LogP contribution in [0, 0.1) is 33.8 Å². The number of likely N-dealkylation sites (tertiary alicyclic amines) is 1. The number of rotatable bonds is 7. The van der Waals surface area contributed by atoms with E-state index in [1.807, 2.05) is 12.2 Å². The fraction of sp³-hybridized carbons (Fsp3) is 0.292. The molecule has 1 aliphatic heterocycles. The Balaban J connectivity index is 1.24. The molecule has 1 saturated carbocycles. The van der Waals surface area contributed by atoms with E-state index >= 15 is 0 Å². The van der Waals surface area contributed by atoms with Crippen molar-refractivity contribution in [3.05, 3.63) is 75.3 Å². The lowest BCUT2D eigenvalue weighted by Crippen LogP contribution is -2.36. The number of nitrogens with one attached hydrogen (secondary N) is 2. The summed E-state index contributed by atoms with van der Waals surface area (Å²) in [5, 5.41) is 17.7. The number of hydrogen-bond acceptors (Lipinski definition) is 6.